The first kappa shape index (κ1) is 11.8. The van der Waals surface area contributed by atoms with Gasteiger partial charge in [-0.1, -0.05) is 13.0 Å². The quantitative estimate of drug-likeness (QED) is 0.565. The van der Waals surface area contributed by atoms with E-state index < -0.39 is 17.5 Å². The van der Waals surface area contributed by atoms with Crippen LogP contribution in [0.2, 0.25) is 0 Å². The lowest BCUT2D eigenvalue weighted by Crippen LogP contribution is -2.49. The molecule has 4 heteroatoms. The number of carbonyl (C=O) groups excluding carboxylic acids is 2. The van der Waals surface area contributed by atoms with Crippen LogP contribution in [0.5, 0.6) is 0 Å². The van der Waals surface area contributed by atoms with Gasteiger partial charge in [0.05, 0.1) is 0 Å². The van der Waals surface area contributed by atoms with Crippen LogP contribution in [0.25, 0.3) is 0 Å². The highest BCUT2D eigenvalue weighted by atomic mass is 16.6. The van der Waals surface area contributed by atoms with Gasteiger partial charge >= 0.3 is 5.97 Å². The van der Waals surface area contributed by atoms with E-state index >= 15 is 0 Å². The number of amides is 1. The third-order valence-electron chi connectivity index (χ3n) is 2.75. The lowest BCUT2D eigenvalue weighted by Gasteiger charge is -2.33. The molecule has 0 heterocycles. The Hall–Kier alpha value is -1.32. The number of hydrogen-bond donors (Lipinski definition) is 1. The molecule has 1 fully saturated rings. The summed E-state index contributed by atoms with van der Waals surface area (Å²) in [6.07, 6.45) is 3.85. The minimum Gasteiger partial charge on any atom is -0.446 e. The number of rotatable bonds is 3. The van der Waals surface area contributed by atoms with Crippen LogP contribution in [-0.4, -0.2) is 17.5 Å². The Morgan fingerprint density at radius 3 is 2.20 bits per heavy atom. The smallest absolute Gasteiger partial charge is 0.334 e. The second kappa shape index (κ2) is 4.47. The lowest BCUT2D eigenvalue weighted by atomic mass is 9.84. The van der Waals surface area contributed by atoms with Crippen molar-refractivity contribution in [2.75, 3.05) is 0 Å². The van der Waals surface area contributed by atoms with Crippen LogP contribution in [0.15, 0.2) is 12.2 Å². The van der Waals surface area contributed by atoms with Gasteiger partial charge in [0.2, 0.25) is 0 Å². The summed E-state index contributed by atoms with van der Waals surface area (Å²) in [7, 11) is 0. The van der Waals surface area contributed by atoms with Gasteiger partial charge in [0.25, 0.3) is 5.91 Å². The first-order valence-electron chi connectivity index (χ1n) is 5.17. The molecule has 2 N–H and O–H groups in total. The van der Waals surface area contributed by atoms with Gasteiger partial charge in [0, 0.05) is 5.57 Å². The number of primary amides is 1. The first-order valence-corrected chi connectivity index (χ1v) is 5.17. The highest BCUT2D eigenvalue weighted by Crippen LogP contribution is 2.32. The molecule has 0 spiro atoms. The van der Waals surface area contributed by atoms with Crippen molar-refractivity contribution in [1.82, 2.24) is 0 Å². The largest absolute Gasteiger partial charge is 0.446 e. The van der Waals surface area contributed by atoms with E-state index in [0.29, 0.717) is 18.4 Å². The SMILES string of the molecule is C=C(C)C(=O)OC1(C(N)=O)CCCCC1. The summed E-state index contributed by atoms with van der Waals surface area (Å²) >= 11 is 0. The fourth-order valence-corrected chi connectivity index (χ4v) is 1.79. The minimum absolute atomic E-state index is 0.293. The summed E-state index contributed by atoms with van der Waals surface area (Å²) in [5, 5.41) is 0. The average molecular weight is 211 g/mol. The fourth-order valence-electron chi connectivity index (χ4n) is 1.79. The molecule has 0 atom stereocenters. The van der Waals surface area contributed by atoms with Gasteiger partial charge in [0.15, 0.2) is 5.60 Å². The summed E-state index contributed by atoms with van der Waals surface area (Å²) in [5.74, 6) is -1.08. The van der Waals surface area contributed by atoms with Crippen molar-refractivity contribution in [3.63, 3.8) is 0 Å². The molecule has 1 rings (SSSR count). The van der Waals surface area contributed by atoms with E-state index in [-0.39, 0.29) is 0 Å². The monoisotopic (exact) mass is 211 g/mol. The molecule has 1 aliphatic rings. The van der Waals surface area contributed by atoms with Crippen molar-refractivity contribution in [1.29, 1.82) is 0 Å². The van der Waals surface area contributed by atoms with E-state index in [0.717, 1.165) is 19.3 Å². The van der Waals surface area contributed by atoms with Crippen LogP contribution in [0.4, 0.5) is 0 Å². The molecular weight excluding hydrogens is 194 g/mol. The van der Waals surface area contributed by atoms with Crippen molar-refractivity contribution >= 4 is 11.9 Å². The van der Waals surface area contributed by atoms with E-state index in [9.17, 15) is 9.59 Å². The molecule has 84 valence electrons. The molecule has 1 amide bonds. The normalized spacial score (nSPS) is 19.3. The zero-order chi connectivity index (χ0) is 11.5. The molecule has 0 unspecified atom stereocenters. The Bertz CT molecular complexity index is 290. The number of esters is 1. The lowest BCUT2D eigenvalue weighted by molar-refractivity contribution is -0.167. The van der Waals surface area contributed by atoms with E-state index in [4.69, 9.17) is 10.5 Å². The number of nitrogens with two attached hydrogens (primary N) is 1. The van der Waals surface area contributed by atoms with E-state index in [1.807, 2.05) is 0 Å². The third kappa shape index (κ3) is 2.58. The Labute approximate surface area is 89.5 Å². The minimum atomic E-state index is -1.09. The van der Waals surface area contributed by atoms with Crippen LogP contribution in [0, 0.1) is 0 Å². The predicted octanol–water partition coefficient (Wildman–Crippen LogP) is 1.29. The van der Waals surface area contributed by atoms with E-state index in [2.05, 4.69) is 6.58 Å². The third-order valence-corrected chi connectivity index (χ3v) is 2.75. The molecule has 1 saturated carbocycles. The average Bonchev–Trinajstić information content (AvgIpc) is 2.18. The van der Waals surface area contributed by atoms with Gasteiger partial charge in [-0.3, -0.25) is 4.79 Å². The highest BCUT2D eigenvalue weighted by molar-refractivity contribution is 5.92. The zero-order valence-corrected chi connectivity index (χ0v) is 9.04. The predicted molar refractivity (Wildman–Crippen MR) is 55.9 cm³/mol. The maximum atomic E-state index is 11.4. The second-order valence-electron chi connectivity index (χ2n) is 4.09. The number of hydrogen-bond acceptors (Lipinski definition) is 3. The van der Waals surface area contributed by atoms with Crippen LogP contribution < -0.4 is 5.73 Å². The molecule has 15 heavy (non-hydrogen) atoms. The molecule has 0 aromatic rings. The van der Waals surface area contributed by atoms with E-state index in [1.54, 1.807) is 6.92 Å². The zero-order valence-electron chi connectivity index (χ0n) is 9.04. The second-order valence-corrected chi connectivity index (χ2v) is 4.09. The van der Waals surface area contributed by atoms with Crippen molar-refractivity contribution in [2.45, 2.75) is 44.6 Å². The van der Waals surface area contributed by atoms with E-state index in [1.165, 1.54) is 0 Å². The van der Waals surface area contributed by atoms with Crippen molar-refractivity contribution in [3.05, 3.63) is 12.2 Å². The van der Waals surface area contributed by atoms with Crippen LogP contribution in [0.1, 0.15) is 39.0 Å². The molecule has 4 nitrogen and oxygen atoms in total. The van der Waals surface area contributed by atoms with Crippen molar-refractivity contribution in [2.24, 2.45) is 5.73 Å². The Morgan fingerprint density at radius 1 is 1.27 bits per heavy atom. The van der Waals surface area contributed by atoms with Gasteiger partial charge in [-0.15, -0.1) is 0 Å². The number of ether oxygens (including phenoxy) is 1. The fraction of sp³-hybridized carbons (Fsp3) is 0.636. The Morgan fingerprint density at radius 2 is 1.80 bits per heavy atom. The molecule has 0 radical (unpaired) electrons. The maximum absolute atomic E-state index is 11.4. The summed E-state index contributed by atoms with van der Waals surface area (Å²) in [4.78, 5) is 22.7. The van der Waals surface area contributed by atoms with Gasteiger partial charge < -0.3 is 10.5 Å². The van der Waals surface area contributed by atoms with Crippen molar-refractivity contribution < 1.29 is 14.3 Å². The highest BCUT2D eigenvalue weighted by Gasteiger charge is 2.41. The Balaban J connectivity index is 2.77. The van der Waals surface area contributed by atoms with Crippen LogP contribution in [0.3, 0.4) is 0 Å². The number of carbonyl (C=O) groups is 2. The first-order chi connectivity index (χ1) is 6.98. The summed E-state index contributed by atoms with van der Waals surface area (Å²) in [6, 6.07) is 0. The van der Waals surface area contributed by atoms with Gasteiger partial charge in [-0.05, 0) is 32.6 Å². The molecule has 1 aliphatic carbocycles. The van der Waals surface area contributed by atoms with Gasteiger partial charge in [0.1, 0.15) is 0 Å². The van der Waals surface area contributed by atoms with Gasteiger partial charge in [-0.2, -0.15) is 0 Å². The maximum Gasteiger partial charge on any atom is 0.334 e. The van der Waals surface area contributed by atoms with Crippen LogP contribution in [-0.2, 0) is 14.3 Å². The summed E-state index contributed by atoms with van der Waals surface area (Å²) in [5.41, 5.74) is 4.51. The summed E-state index contributed by atoms with van der Waals surface area (Å²) < 4.78 is 5.19. The molecule has 0 aliphatic heterocycles. The molecule has 0 bridgehead atoms. The topological polar surface area (TPSA) is 69.4 Å². The van der Waals surface area contributed by atoms with Gasteiger partial charge in [-0.25, -0.2) is 4.79 Å². The molecular formula is C11H17NO3. The Kier molecular flexibility index (Phi) is 3.50. The molecule has 0 aromatic heterocycles. The summed E-state index contributed by atoms with van der Waals surface area (Å²) in [6.45, 7) is 5.04. The van der Waals surface area contributed by atoms with Crippen molar-refractivity contribution in [3.8, 4) is 0 Å². The molecule has 0 aromatic carbocycles. The van der Waals surface area contributed by atoms with Crippen LogP contribution >= 0.6 is 0 Å². The molecule has 0 saturated heterocycles. The standard InChI is InChI=1S/C11H17NO3/c1-8(2)9(13)15-11(10(12)14)6-4-3-5-7-11/h1,3-7H2,2H3,(H2,12,14).